The average molecular weight is 265 g/mol. The molecule has 1 N–H and O–H groups in total. The molecule has 0 bridgehead atoms. The first-order valence-corrected chi connectivity index (χ1v) is 7.68. The second-order valence-corrected chi connectivity index (χ2v) is 5.88. The van der Waals surface area contributed by atoms with Crippen LogP contribution in [0.5, 0.6) is 0 Å². The van der Waals surface area contributed by atoms with Gasteiger partial charge in [-0.15, -0.1) is 0 Å². The van der Waals surface area contributed by atoms with E-state index in [9.17, 15) is 0 Å². The fourth-order valence-electron chi connectivity index (χ4n) is 3.22. The van der Waals surface area contributed by atoms with Crippen LogP contribution in [0.3, 0.4) is 0 Å². The van der Waals surface area contributed by atoms with Gasteiger partial charge in [-0.05, 0) is 54.9 Å². The molecular weight excluding hydrogens is 242 g/mol. The molecule has 0 amide bonds. The summed E-state index contributed by atoms with van der Waals surface area (Å²) in [5.74, 6) is 0.738. The lowest BCUT2D eigenvalue weighted by atomic mass is 9.74. The van der Waals surface area contributed by atoms with Crippen LogP contribution < -0.4 is 5.32 Å². The van der Waals surface area contributed by atoms with Crippen molar-refractivity contribution in [3.63, 3.8) is 0 Å². The zero-order valence-corrected chi connectivity index (χ0v) is 12.4. The molecule has 0 aliphatic heterocycles. The van der Waals surface area contributed by atoms with E-state index in [4.69, 9.17) is 0 Å². The standard InChI is InChI=1S/C19H23N/c1-3-15-9-5-7-11-19(15)20-17-12-16(13-17)18-10-6-4-8-14(18)2/h4-11,16-17,20H,3,12-13H2,1-2H3. The van der Waals surface area contributed by atoms with Crippen molar-refractivity contribution in [3.8, 4) is 0 Å². The number of para-hydroxylation sites is 1. The lowest BCUT2D eigenvalue weighted by molar-refractivity contribution is 0.373. The zero-order chi connectivity index (χ0) is 13.9. The van der Waals surface area contributed by atoms with Gasteiger partial charge >= 0.3 is 0 Å². The summed E-state index contributed by atoms with van der Waals surface area (Å²) in [5.41, 5.74) is 5.72. The van der Waals surface area contributed by atoms with Crippen LogP contribution >= 0.6 is 0 Å². The summed E-state index contributed by atoms with van der Waals surface area (Å²) in [6, 6.07) is 18.1. The topological polar surface area (TPSA) is 12.0 Å². The average Bonchev–Trinajstić information content (AvgIpc) is 2.44. The smallest absolute Gasteiger partial charge is 0.0374 e. The van der Waals surface area contributed by atoms with E-state index in [-0.39, 0.29) is 0 Å². The number of benzene rings is 2. The molecule has 1 aliphatic carbocycles. The second-order valence-electron chi connectivity index (χ2n) is 5.88. The summed E-state index contributed by atoms with van der Waals surface area (Å²) >= 11 is 0. The lowest BCUT2D eigenvalue weighted by Crippen LogP contribution is -2.34. The van der Waals surface area contributed by atoms with Crippen LogP contribution in [0, 0.1) is 6.92 Å². The molecule has 0 unspecified atom stereocenters. The molecule has 0 aromatic heterocycles. The molecule has 3 rings (SSSR count). The largest absolute Gasteiger partial charge is 0.382 e. The Balaban J connectivity index is 1.63. The van der Waals surface area contributed by atoms with Gasteiger partial charge in [-0.3, -0.25) is 0 Å². The van der Waals surface area contributed by atoms with Crippen LogP contribution in [0.4, 0.5) is 5.69 Å². The number of rotatable bonds is 4. The van der Waals surface area contributed by atoms with E-state index in [2.05, 4.69) is 67.7 Å². The number of hydrogen-bond acceptors (Lipinski definition) is 1. The van der Waals surface area contributed by atoms with Crippen molar-refractivity contribution in [2.24, 2.45) is 0 Å². The maximum atomic E-state index is 3.72. The molecule has 0 heterocycles. The third kappa shape index (κ3) is 2.58. The van der Waals surface area contributed by atoms with Crippen LogP contribution in [0.15, 0.2) is 48.5 Å². The molecule has 0 spiro atoms. The van der Waals surface area contributed by atoms with E-state index in [0.717, 1.165) is 12.3 Å². The number of nitrogens with one attached hydrogen (secondary N) is 1. The first-order valence-electron chi connectivity index (χ1n) is 7.68. The Labute approximate surface area is 122 Å². The summed E-state index contributed by atoms with van der Waals surface area (Å²) in [6.45, 7) is 4.44. The van der Waals surface area contributed by atoms with Gasteiger partial charge in [0, 0.05) is 11.7 Å². The predicted octanol–water partition coefficient (Wildman–Crippen LogP) is 4.92. The maximum absolute atomic E-state index is 3.72. The fraction of sp³-hybridized carbons (Fsp3) is 0.368. The molecule has 20 heavy (non-hydrogen) atoms. The lowest BCUT2D eigenvalue weighted by Gasteiger charge is -2.38. The molecule has 1 aliphatic rings. The molecule has 0 radical (unpaired) electrons. The van der Waals surface area contributed by atoms with Gasteiger partial charge < -0.3 is 5.32 Å². The number of hydrogen-bond donors (Lipinski definition) is 1. The maximum Gasteiger partial charge on any atom is 0.0374 e. The third-order valence-electron chi connectivity index (χ3n) is 4.52. The van der Waals surface area contributed by atoms with Crippen LogP contribution in [-0.4, -0.2) is 6.04 Å². The minimum absolute atomic E-state index is 0.632. The van der Waals surface area contributed by atoms with Gasteiger partial charge in [0.25, 0.3) is 0 Å². The van der Waals surface area contributed by atoms with Gasteiger partial charge in [0.15, 0.2) is 0 Å². The SMILES string of the molecule is CCc1ccccc1NC1CC(c2ccccc2C)C1. The summed E-state index contributed by atoms with van der Waals surface area (Å²) in [6.07, 6.45) is 3.60. The second kappa shape index (κ2) is 5.70. The molecule has 2 aromatic rings. The Kier molecular flexibility index (Phi) is 3.77. The van der Waals surface area contributed by atoms with E-state index in [1.165, 1.54) is 35.2 Å². The summed E-state index contributed by atoms with van der Waals surface area (Å²) in [7, 11) is 0. The van der Waals surface area contributed by atoms with Gasteiger partial charge in [-0.1, -0.05) is 49.4 Å². The Morgan fingerprint density at radius 1 is 1.00 bits per heavy atom. The fourth-order valence-corrected chi connectivity index (χ4v) is 3.22. The van der Waals surface area contributed by atoms with E-state index >= 15 is 0 Å². The molecule has 0 atom stereocenters. The Morgan fingerprint density at radius 3 is 2.45 bits per heavy atom. The highest BCUT2D eigenvalue weighted by molar-refractivity contribution is 5.52. The van der Waals surface area contributed by atoms with Crippen molar-refractivity contribution in [1.29, 1.82) is 0 Å². The van der Waals surface area contributed by atoms with Crippen molar-refractivity contribution < 1.29 is 0 Å². The molecular formula is C19H23N. The molecule has 2 aromatic carbocycles. The Morgan fingerprint density at radius 2 is 1.70 bits per heavy atom. The monoisotopic (exact) mass is 265 g/mol. The van der Waals surface area contributed by atoms with E-state index in [0.29, 0.717) is 6.04 Å². The summed E-state index contributed by atoms with van der Waals surface area (Å²) in [5, 5.41) is 3.72. The van der Waals surface area contributed by atoms with Crippen LogP contribution in [0.25, 0.3) is 0 Å². The molecule has 1 fully saturated rings. The van der Waals surface area contributed by atoms with Crippen molar-refractivity contribution in [1.82, 2.24) is 0 Å². The van der Waals surface area contributed by atoms with E-state index in [1.54, 1.807) is 0 Å². The molecule has 1 saturated carbocycles. The molecule has 1 nitrogen and oxygen atoms in total. The minimum Gasteiger partial charge on any atom is -0.382 e. The minimum atomic E-state index is 0.632. The van der Waals surface area contributed by atoms with E-state index < -0.39 is 0 Å². The Hall–Kier alpha value is -1.76. The van der Waals surface area contributed by atoms with Gasteiger partial charge in [-0.2, -0.15) is 0 Å². The van der Waals surface area contributed by atoms with Gasteiger partial charge in [0.05, 0.1) is 0 Å². The zero-order valence-electron chi connectivity index (χ0n) is 12.4. The summed E-state index contributed by atoms with van der Waals surface area (Å²) in [4.78, 5) is 0. The summed E-state index contributed by atoms with van der Waals surface area (Å²) < 4.78 is 0. The van der Waals surface area contributed by atoms with E-state index in [1.807, 2.05) is 0 Å². The predicted molar refractivity (Wildman–Crippen MR) is 86.4 cm³/mol. The van der Waals surface area contributed by atoms with Gasteiger partial charge in [0.2, 0.25) is 0 Å². The quantitative estimate of drug-likeness (QED) is 0.827. The van der Waals surface area contributed by atoms with Crippen molar-refractivity contribution in [2.45, 2.75) is 45.1 Å². The van der Waals surface area contributed by atoms with Crippen LogP contribution in [0.1, 0.15) is 42.4 Å². The first kappa shape index (κ1) is 13.2. The molecule has 104 valence electrons. The number of aryl methyl sites for hydroxylation is 2. The van der Waals surface area contributed by atoms with Crippen molar-refractivity contribution in [2.75, 3.05) is 5.32 Å². The number of anilines is 1. The van der Waals surface area contributed by atoms with Crippen molar-refractivity contribution >= 4 is 5.69 Å². The van der Waals surface area contributed by atoms with Gasteiger partial charge in [-0.25, -0.2) is 0 Å². The highest BCUT2D eigenvalue weighted by atomic mass is 14.9. The first-order chi connectivity index (χ1) is 9.78. The van der Waals surface area contributed by atoms with Gasteiger partial charge in [0.1, 0.15) is 0 Å². The molecule has 0 saturated heterocycles. The highest BCUT2D eigenvalue weighted by Gasteiger charge is 2.31. The van der Waals surface area contributed by atoms with Crippen LogP contribution in [-0.2, 0) is 6.42 Å². The van der Waals surface area contributed by atoms with Crippen molar-refractivity contribution in [3.05, 3.63) is 65.2 Å². The molecule has 1 heteroatoms. The third-order valence-corrected chi connectivity index (χ3v) is 4.52. The van der Waals surface area contributed by atoms with Crippen LogP contribution in [0.2, 0.25) is 0 Å². The Bertz CT molecular complexity index is 582. The highest BCUT2D eigenvalue weighted by Crippen LogP contribution is 2.40. The normalized spacial score (nSPS) is 21.3.